The third-order valence-corrected chi connectivity index (χ3v) is 5.22. The topological polar surface area (TPSA) is 56.0 Å². The molecule has 1 fully saturated rings. The van der Waals surface area contributed by atoms with E-state index in [1.807, 2.05) is 35.8 Å². The Kier molecular flexibility index (Phi) is 4.97. The van der Waals surface area contributed by atoms with Crippen molar-refractivity contribution in [3.05, 3.63) is 35.2 Å². The van der Waals surface area contributed by atoms with Gasteiger partial charge in [-0.1, -0.05) is 0 Å². The van der Waals surface area contributed by atoms with E-state index in [4.69, 9.17) is 0 Å². The summed E-state index contributed by atoms with van der Waals surface area (Å²) in [6.07, 6.45) is 6.01. The maximum absolute atomic E-state index is 13.1. The third-order valence-electron chi connectivity index (χ3n) is 5.22. The van der Waals surface area contributed by atoms with Crippen LogP contribution in [-0.2, 0) is 6.54 Å². The number of amides is 1. The second kappa shape index (κ2) is 7.02. The van der Waals surface area contributed by atoms with Crippen LogP contribution in [0.4, 0.5) is 0 Å². The van der Waals surface area contributed by atoms with Crippen LogP contribution < -0.4 is 0 Å². The zero-order valence-electron chi connectivity index (χ0n) is 16.0. The van der Waals surface area contributed by atoms with Gasteiger partial charge in [0.2, 0.25) is 0 Å². The smallest absolute Gasteiger partial charge is 0.257 e. The molecular formula is C19H29N5O. The fourth-order valence-corrected chi connectivity index (χ4v) is 3.92. The Balaban J connectivity index is 1.83. The van der Waals surface area contributed by atoms with E-state index < -0.39 is 0 Å². The van der Waals surface area contributed by atoms with Crippen molar-refractivity contribution in [2.45, 2.75) is 66.0 Å². The molecule has 2 aromatic heterocycles. The zero-order chi connectivity index (χ0) is 18.1. The van der Waals surface area contributed by atoms with Crippen LogP contribution in [0.5, 0.6) is 0 Å². The van der Waals surface area contributed by atoms with Gasteiger partial charge in [0.1, 0.15) is 5.82 Å². The van der Waals surface area contributed by atoms with Crippen molar-refractivity contribution in [1.82, 2.24) is 24.2 Å². The summed E-state index contributed by atoms with van der Waals surface area (Å²) in [6.45, 7) is 12.6. The number of carbonyl (C=O) groups is 1. The summed E-state index contributed by atoms with van der Waals surface area (Å²) in [4.78, 5) is 19.7. The lowest BCUT2D eigenvalue weighted by molar-refractivity contribution is 0.0701. The Bertz CT molecular complexity index is 758. The van der Waals surface area contributed by atoms with Gasteiger partial charge in [-0.15, -0.1) is 0 Å². The molecule has 0 unspecified atom stereocenters. The molecule has 3 rings (SSSR count). The maximum Gasteiger partial charge on any atom is 0.257 e. The lowest BCUT2D eigenvalue weighted by Crippen LogP contribution is -2.40. The lowest BCUT2D eigenvalue weighted by atomic mass is 9.96. The third kappa shape index (κ3) is 3.22. The Hall–Kier alpha value is -2.11. The molecule has 0 aromatic carbocycles. The summed E-state index contributed by atoms with van der Waals surface area (Å²) in [7, 11) is 0. The Morgan fingerprint density at radius 1 is 1.36 bits per heavy atom. The van der Waals surface area contributed by atoms with Crippen molar-refractivity contribution in [1.29, 1.82) is 0 Å². The number of hydrogen-bond acceptors (Lipinski definition) is 3. The Morgan fingerprint density at radius 3 is 2.76 bits per heavy atom. The summed E-state index contributed by atoms with van der Waals surface area (Å²) in [5.74, 6) is 1.52. The van der Waals surface area contributed by atoms with Gasteiger partial charge in [0.25, 0.3) is 5.91 Å². The molecule has 1 amide bonds. The Labute approximate surface area is 149 Å². The number of likely N-dealkylation sites (tertiary alicyclic amines) is 1. The molecular weight excluding hydrogens is 314 g/mol. The molecule has 1 aliphatic rings. The van der Waals surface area contributed by atoms with Gasteiger partial charge in [0, 0.05) is 49.7 Å². The molecule has 6 nitrogen and oxygen atoms in total. The normalized spacial score (nSPS) is 18.2. The number of aromatic nitrogens is 4. The van der Waals surface area contributed by atoms with E-state index in [0.717, 1.165) is 55.3 Å². The minimum atomic E-state index is 0.113. The van der Waals surface area contributed by atoms with E-state index >= 15 is 0 Å². The summed E-state index contributed by atoms with van der Waals surface area (Å²) in [5, 5.41) is 4.50. The lowest BCUT2D eigenvalue weighted by Gasteiger charge is -2.33. The molecule has 1 saturated heterocycles. The van der Waals surface area contributed by atoms with Gasteiger partial charge in [0.05, 0.1) is 11.3 Å². The van der Waals surface area contributed by atoms with E-state index in [0.29, 0.717) is 12.0 Å². The van der Waals surface area contributed by atoms with Crippen LogP contribution >= 0.6 is 0 Å². The maximum atomic E-state index is 13.1. The minimum absolute atomic E-state index is 0.113. The van der Waals surface area contributed by atoms with Crippen molar-refractivity contribution in [2.24, 2.45) is 0 Å². The molecule has 0 N–H and O–H groups in total. The number of imidazole rings is 1. The molecule has 0 radical (unpaired) electrons. The van der Waals surface area contributed by atoms with Gasteiger partial charge in [0.15, 0.2) is 0 Å². The Morgan fingerprint density at radius 2 is 2.12 bits per heavy atom. The monoisotopic (exact) mass is 343 g/mol. The fourth-order valence-electron chi connectivity index (χ4n) is 3.92. The van der Waals surface area contributed by atoms with Crippen LogP contribution in [0.1, 0.15) is 73.1 Å². The average molecular weight is 343 g/mol. The number of rotatable bonds is 4. The van der Waals surface area contributed by atoms with Gasteiger partial charge < -0.3 is 9.47 Å². The molecule has 0 bridgehead atoms. The van der Waals surface area contributed by atoms with E-state index in [9.17, 15) is 4.79 Å². The first-order chi connectivity index (χ1) is 11.9. The van der Waals surface area contributed by atoms with Crippen LogP contribution in [0.2, 0.25) is 0 Å². The van der Waals surface area contributed by atoms with E-state index in [1.165, 1.54) is 0 Å². The van der Waals surface area contributed by atoms with Gasteiger partial charge in [-0.2, -0.15) is 5.10 Å². The predicted molar refractivity (Wildman–Crippen MR) is 97.9 cm³/mol. The fraction of sp³-hybridized carbons (Fsp3) is 0.632. The molecule has 1 aliphatic heterocycles. The highest BCUT2D eigenvalue weighted by molar-refractivity contribution is 5.96. The number of aryl methyl sites for hydroxylation is 2. The molecule has 0 aliphatic carbocycles. The SMILES string of the molecule is CCn1nc(C)c(C(=O)N2CCC[C@@H](c3nccn3C(C)C)C2)c1C. The summed E-state index contributed by atoms with van der Waals surface area (Å²) in [5.41, 5.74) is 2.57. The van der Waals surface area contributed by atoms with Crippen molar-refractivity contribution >= 4 is 5.91 Å². The molecule has 25 heavy (non-hydrogen) atoms. The first kappa shape index (κ1) is 17.7. The van der Waals surface area contributed by atoms with Crippen molar-refractivity contribution in [2.75, 3.05) is 13.1 Å². The van der Waals surface area contributed by atoms with Crippen LogP contribution in [0.3, 0.4) is 0 Å². The second-order valence-corrected chi connectivity index (χ2v) is 7.24. The van der Waals surface area contributed by atoms with Crippen molar-refractivity contribution in [3.8, 4) is 0 Å². The van der Waals surface area contributed by atoms with E-state index in [2.05, 4.69) is 35.4 Å². The highest BCUT2D eigenvalue weighted by Crippen LogP contribution is 2.29. The molecule has 1 atom stereocenters. The van der Waals surface area contributed by atoms with Crippen LogP contribution in [0, 0.1) is 13.8 Å². The van der Waals surface area contributed by atoms with Gasteiger partial charge >= 0.3 is 0 Å². The second-order valence-electron chi connectivity index (χ2n) is 7.24. The number of piperidine rings is 1. The number of carbonyl (C=O) groups excluding carboxylic acids is 1. The summed E-state index contributed by atoms with van der Waals surface area (Å²) in [6, 6.07) is 0.385. The minimum Gasteiger partial charge on any atom is -0.338 e. The van der Waals surface area contributed by atoms with E-state index in [-0.39, 0.29) is 5.91 Å². The highest BCUT2D eigenvalue weighted by atomic mass is 16.2. The number of nitrogens with zero attached hydrogens (tertiary/aromatic N) is 5. The highest BCUT2D eigenvalue weighted by Gasteiger charge is 2.30. The molecule has 3 heterocycles. The average Bonchev–Trinajstić information content (AvgIpc) is 3.19. The van der Waals surface area contributed by atoms with Crippen LogP contribution in [0.15, 0.2) is 12.4 Å². The molecule has 2 aromatic rings. The van der Waals surface area contributed by atoms with E-state index in [1.54, 1.807) is 0 Å². The molecule has 136 valence electrons. The van der Waals surface area contributed by atoms with Crippen molar-refractivity contribution < 1.29 is 4.79 Å². The summed E-state index contributed by atoms with van der Waals surface area (Å²) < 4.78 is 4.14. The first-order valence-electron chi connectivity index (χ1n) is 9.30. The largest absolute Gasteiger partial charge is 0.338 e. The molecule has 0 spiro atoms. The van der Waals surface area contributed by atoms with Gasteiger partial charge in [-0.3, -0.25) is 9.48 Å². The number of hydrogen-bond donors (Lipinski definition) is 0. The molecule has 0 saturated carbocycles. The van der Waals surface area contributed by atoms with Crippen LogP contribution in [-0.4, -0.2) is 43.2 Å². The molecule has 6 heteroatoms. The zero-order valence-corrected chi connectivity index (χ0v) is 16.0. The van der Waals surface area contributed by atoms with Crippen LogP contribution in [0.25, 0.3) is 0 Å². The quantitative estimate of drug-likeness (QED) is 0.856. The standard InChI is InChI=1S/C19H29N5O/c1-6-24-15(5)17(14(4)21-24)19(25)22-10-7-8-16(12-22)18-20-9-11-23(18)13(2)3/h9,11,13,16H,6-8,10,12H2,1-5H3/t16-/m1/s1. The van der Waals surface area contributed by atoms with Crippen molar-refractivity contribution in [3.63, 3.8) is 0 Å². The van der Waals surface area contributed by atoms with Gasteiger partial charge in [-0.25, -0.2) is 4.98 Å². The first-order valence-corrected chi connectivity index (χ1v) is 9.30. The van der Waals surface area contributed by atoms with Gasteiger partial charge in [-0.05, 0) is 47.5 Å². The summed E-state index contributed by atoms with van der Waals surface area (Å²) >= 11 is 0. The predicted octanol–water partition coefficient (Wildman–Crippen LogP) is 3.32.